The van der Waals surface area contributed by atoms with Crippen molar-refractivity contribution in [3.05, 3.63) is 18.2 Å². The van der Waals surface area contributed by atoms with Crippen LogP contribution in [0, 0.1) is 5.92 Å². The van der Waals surface area contributed by atoms with Crippen molar-refractivity contribution >= 4 is 12.4 Å². The van der Waals surface area contributed by atoms with Gasteiger partial charge in [-0.1, -0.05) is 0 Å². The average Bonchev–Trinajstić information content (AvgIpc) is 2.39. The highest BCUT2D eigenvalue weighted by Crippen LogP contribution is 2.30. The standard InChI is InChI=1S/C13H19NO3.ClH/c1-16-13-7-11(4-5-12(13)15)17-9-10-3-2-6-14-8-10;/h4-5,7,10,14-15H,2-3,6,8-9H2,1H3;1H. The topological polar surface area (TPSA) is 50.7 Å². The molecule has 5 heteroatoms. The zero-order valence-electron chi connectivity index (χ0n) is 10.5. The van der Waals surface area contributed by atoms with Gasteiger partial charge in [0.15, 0.2) is 11.5 Å². The quantitative estimate of drug-likeness (QED) is 0.883. The lowest BCUT2D eigenvalue weighted by Gasteiger charge is -2.22. The molecule has 0 saturated carbocycles. The number of ether oxygens (including phenoxy) is 2. The molecule has 0 bridgehead atoms. The minimum absolute atomic E-state index is 0. The Balaban J connectivity index is 0.00000162. The zero-order chi connectivity index (χ0) is 12.1. The SMILES string of the molecule is COc1cc(OCC2CCCNC2)ccc1O.Cl. The Kier molecular flexibility index (Phi) is 6.09. The molecular weight excluding hydrogens is 254 g/mol. The molecule has 0 aliphatic carbocycles. The van der Waals surface area contributed by atoms with Gasteiger partial charge in [0.2, 0.25) is 0 Å². The monoisotopic (exact) mass is 273 g/mol. The predicted molar refractivity (Wildman–Crippen MR) is 73.0 cm³/mol. The molecule has 1 heterocycles. The van der Waals surface area contributed by atoms with Gasteiger partial charge in [-0.05, 0) is 31.5 Å². The molecule has 4 nitrogen and oxygen atoms in total. The Hall–Kier alpha value is -1.13. The van der Waals surface area contributed by atoms with Crippen molar-refractivity contribution in [2.24, 2.45) is 5.92 Å². The van der Waals surface area contributed by atoms with E-state index in [0.29, 0.717) is 18.3 Å². The van der Waals surface area contributed by atoms with Gasteiger partial charge in [0, 0.05) is 18.5 Å². The fraction of sp³-hybridized carbons (Fsp3) is 0.538. The van der Waals surface area contributed by atoms with Crippen LogP contribution < -0.4 is 14.8 Å². The van der Waals surface area contributed by atoms with Crippen LogP contribution in [0.5, 0.6) is 17.2 Å². The summed E-state index contributed by atoms with van der Waals surface area (Å²) in [6.45, 7) is 2.85. The lowest BCUT2D eigenvalue weighted by molar-refractivity contribution is 0.217. The molecule has 1 fully saturated rings. The van der Waals surface area contributed by atoms with E-state index >= 15 is 0 Å². The van der Waals surface area contributed by atoms with Crippen LogP contribution in [0.3, 0.4) is 0 Å². The van der Waals surface area contributed by atoms with Crippen molar-refractivity contribution in [1.29, 1.82) is 0 Å². The molecule has 1 atom stereocenters. The van der Waals surface area contributed by atoms with Gasteiger partial charge in [0.25, 0.3) is 0 Å². The number of halogens is 1. The van der Waals surface area contributed by atoms with Crippen LogP contribution in [-0.2, 0) is 0 Å². The number of hydrogen-bond acceptors (Lipinski definition) is 4. The van der Waals surface area contributed by atoms with Crippen molar-refractivity contribution < 1.29 is 14.6 Å². The summed E-state index contributed by atoms with van der Waals surface area (Å²) in [7, 11) is 1.53. The molecule has 1 aliphatic heterocycles. The molecule has 0 aromatic heterocycles. The van der Waals surface area contributed by atoms with E-state index in [9.17, 15) is 5.11 Å². The van der Waals surface area contributed by atoms with E-state index in [1.54, 1.807) is 18.2 Å². The van der Waals surface area contributed by atoms with Crippen molar-refractivity contribution in [1.82, 2.24) is 5.32 Å². The number of methoxy groups -OCH3 is 1. The van der Waals surface area contributed by atoms with E-state index < -0.39 is 0 Å². The number of phenols is 1. The van der Waals surface area contributed by atoms with Gasteiger partial charge in [0.1, 0.15) is 5.75 Å². The number of phenolic OH excluding ortho intramolecular Hbond substituents is 1. The first-order chi connectivity index (χ1) is 8.29. The Labute approximate surface area is 114 Å². The lowest BCUT2D eigenvalue weighted by atomic mass is 10.0. The second-order valence-corrected chi connectivity index (χ2v) is 4.36. The van der Waals surface area contributed by atoms with Crippen molar-refractivity contribution in [3.63, 3.8) is 0 Å². The van der Waals surface area contributed by atoms with Crippen LogP contribution >= 0.6 is 12.4 Å². The molecule has 2 rings (SSSR count). The van der Waals surface area contributed by atoms with Gasteiger partial charge < -0.3 is 19.9 Å². The summed E-state index contributed by atoms with van der Waals surface area (Å²) in [5, 5.41) is 12.8. The molecule has 0 radical (unpaired) electrons. The number of aromatic hydroxyl groups is 1. The summed E-state index contributed by atoms with van der Waals surface area (Å²) in [6, 6.07) is 5.06. The highest BCUT2D eigenvalue weighted by Gasteiger charge is 2.13. The second kappa shape index (κ2) is 7.34. The van der Waals surface area contributed by atoms with Gasteiger partial charge in [-0.25, -0.2) is 0 Å². The molecule has 1 aromatic carbocycles. The summed E-state index contributed by atoms with van der Waals surface area (Å²) in [4.78, 5) is 0. The molecule has 1 saturated heterocycles. The van der Waals surface area contributed by atoms with Gasteiger partial charge in [-0.15, -0.1) is 12.4 Å². The Morgan fingerprint density at radius 2 is 2.28 bits per heavy atom. The first kappa shape index (κ1) is 14.9. The highest BCUT2D eigenvalue weighted by molar-refractivity contribution is 5.85. The van der Waals surface area contributed by atoms with Crippen molar-refractivity contribution in [2.75, 3.05) is 26.8 Å². The van der Waals surface area contributed by atoms with Crippen LogP contribution in [0.2, 0.25) is 0 Å². The third-order valence-electron chi connectivity index (χ3n) is 3.04. The molecule has 0 spiro atoms. The minimum Gasteiger partial charge on any atom is -0.504 e. The molecular formula is C13H20ClNO3. The fourth-order valence-corrected chi connectivity index (χ4v) is 2.03. The maximum atomic E-state index is 9.46. The summed E-state index contributed by atoms with van der Waals surface area (Å²) >= 11 is 0. The van der Waals surface area contributed by atoms with Crippen LogP contribution in [0.4, 0.5) is 0 Å². The van der Waals surface area contributed by atoms with Crippen molar-refractivity contribution in [2.45, 2.75) is 12.8 Å². The molecule has 102 valence electrons. The molecule has 1 aliphatic rings. The predicted octanol–water partition coefficient (Wildman–Crippen LogP) is 2.20. The molecule has 18 heavy (non-hydrogen) atoms. The summed E-state index contributed by atoms with van der Waals surface area (Å²) in [5.74, 6) is 1.90. The Morgan fingerprint density at radius 3 is 2.94 bits per heavy atom. The van der Waals surface area contributed by atoms with E-state index in [0.717, 1.165) is 18.8 Å². The van der Waals surface area contributed by atoms with Gasteiger partial charge >= 0.3 is 0 Å². The maximum Gasteiger partial charge on any atom is 0.164 e. The van der Waals surface area contributed by atoms with E-state index in [1.165, 1.54) is 20.0 Å². The van der Waals surface area contributed by atoms with E-state index in [-0.39, 0.29) is 18.2 Å². The van der Waals surface area contributed by atoms with Crippen LogP contribution in [0.15, 0.2) is 18.2 Å². The van der Waals surface area contributed by atoms with E-state index in [2.05, 4.69) is 5.32 Å². The Morgan fingerprint density at radius 1 is 1.44 bits per heavy atom. The third-order valence-corrected chi connectivity index (χ3v) is 3.04. The number of rotatable bonds is 4. The molecule has 1 aromatic rings. The van der Waals surface area contributed by atoms with Crippen molar-refractivity contribution in [3.8, 4) is 17.2 Å². The number of nitrogens with one attached hydrogen (secondary N) is 1. The molecule has 1 unspecified atom stereocenters. The normalized spacial score (nSPS) is 18.8. The van der Waals surface area contributed by atoms with Gasteiger partial charge in [-0.3, -0.25) is 0 Å². The lowest BCUT2D eigenvalue weighted by Crippen LogP contribution is -2.33. The zero-order valence-corrected chi connectivity index (χ0v) is 11.3. The van der Waals surface area contributed by atoms with Gasteiger partial charge in [-0.2, -0.15) is 0 Å². The summed E-state index contributed by atoms with van der Waals surface area (Å²) in [6.07, 6.45) is 2.43. The third kappa shape index (κ3) is 3.96. The Bertz CT molecular complexity index is 367. The van der Waals surface area contributed by atoms with E-state index in [1.807, 2.05) is 0 Å². The number of benzene rings is 1. The smallest absolute Gasteiger partial charge is 0.164 e. The minimum atomic E-state index is 0. The molecule has 0 amide bonds. The van der Waals surface area contributed by atoms with Crippen LogP contribution in [0.1, 0.15) is 12.8 Å². The maximum absolute atomic E-state index is 9.46. The first-order valence-corrected chi connectivity index (χ1v) is 6.00. The van der Waals surface area contributed by atoms with Crippen LogP contribution in [-0.4, -0.2) is 31.9 Å². The average molecular weight is 274 g/mol. The first-order valence-electron chi connectivity index (χ1n) is 6.00. The fourth-order valence-electron chi connectivity index (χ4n) is 2.03. The molecule has 2 N–H and O–H groups in total. The largest absolute Gasteiger partial charge is 0.504 e. The van der Waals surface area contributed by atoms with E-state index in [4.69, 9.17) is 9.47 Å². The highest BCUT2D eigenvalue weighted by atomic mass is 35.5. The number of piperidine rings is 1. The summed E-state index contributed by atoms with van der Waals surface area (Å²) in [5.41, 5.74) is 0. The number of hydrogen-bond donors (Lipinski definition) is 2. The van der Waals surface area contributed by atoms with Gasteiger partial charge in [0.05, 0.1) is 13.7 Å². The van der Waals surface area contributed by atoms with Crippen LogP contribution in [0.25, 0.3) is 0 Å². The summed E-state index contributed by atoms with van der Waals surface area (Å²) < 4.78 is 10.7. The second-order valence-electron chi connectivity index (χ2n) is 4.36.